The molecule has 0 saturated carbocycles. The molecule has 1 fully saturated rings. The maximum Gasteiger partial charge on any atom is 0.416 e. The Bertz CT molecular complexity index is 837. The maximum atomic E-state index is 13.3. The van der Waals surface area contributed by atoms with Crippen LogP contribution in [0.25, 0.3) is 0 Å². The number of carbonyl (C=O) groups is 1. The van der Waals surface area contributed by atoms with Gasteiger partial charge in [-0.05, 0) is 35.9 Å². The van der Waals surface area contributed by atoms with Crippen LogP contribution in [0.5, 0.6) is 5.75 Å². The van der Waals surface area contributed by atoms with Gasteiger partial charge in [0, 0.05) is 19.6 Å². The molecule has 162 valence electrons. The van der Waals surface area contributed by atoms with E-state index in [1.54, 1.807) is 12.1 Å². The lowest BCUT2D eigenvalue weighted by atomic mass is 10.0. The average molecular weight is 426 g/mol. The quantitative estimate of drug-likeness (QED) is 0.690. The monoisotopic (exact) mass is 426 g/mol. The number of hydrogen-bond acceptors (Lipinski definition) is 4. The molecule has 5 nitrogen and oxygen atoms in total. The van der Waals surface area contributed by atoms with Crippen LogP contribution in [0.4, 0.5) is 17.6 Å². The van der Waals surface area contributed by atoms with Gasteiger partial charge in [-0.25, -0.2) is 4.39 Å². The molecule has 0 aliphatic carbocycles. The fourth-order valence-corrected chi connectivity index (χ4v) is 3.20. The van der Waals surface area contributed by atoms with Crippen LogP contribution in [0.2, 0.25) is 0 Å². The summed E-state index contributed by atoms with van der Waals surface area (Å²) in [7, 11) is 0. The zero-order valence-corrected chi connectivity index (χ0v) is 16.1. The van der Waals surface area contributed by atoms with Gasteiger partial charge < -0.3 is 14.8 Å². The molecule has 0 spiro atoms. The van der Waals surface area contributed by atoms with Crippen LogP contribution in [0.1, 0.15) is 17.2 Å². The topological polar surface area (TPSA) is 50.8 Å². The van der Waals surface area contributed by atoms with Crippen LogP contribution >= 0.6 is 0 Å². The minimum atomic E-state index is -4.48. The molecule has 1 unspecified atom stereocenters. The average Bonchev–Trinajstić information content (AvgIpc) is 2.74. The SMILES string of the molecule is O=C(COc1cccc(C(F)(F)F)c1)NCC(c1ccc(F)cc1)N1CCOCC1. The van der Waals surface area contributed by atoms with E-state index in [1.807, 2.05) is 0 Å². The Labute approximate surface area is 171 Å². The minimum Gasteiger partial charge on any atom is -0.484 e. The van der Waals surface area contributed by atoms with Crippen molar-refractivity contribution in [2.75, 3.05) is 39.5 Å². The Morgan fingerprint density at radius 2 is 1.83 bits per heavy atom. The van der Waals surface area contributed by atoms with Crippen LogP contribution in [0.15, 0.2) is 48.5 Å². The van der Waals surface area contributed by atoms with E-state index in [9.17, 15) is 22.4 Å². The molecule has 1 saturated heterocycles. The molecule has 2 aromatic rings. The van der Waals surface area contributed by atoms with Crippen LogP contribution < -0.4 is 10.1 Å². The highest BCUT2D eigenvalue weighted by Crippen LogP contribution is 2.31. The Morgan fingerprint density at radius 1 is 1.13 bits per heavy atom. The van der Waals surface area contributed by atoms with Crippen molar-refractivity contribution >= 4 is 5.91 Å². The molecule has 1 aliphatic heterocycles. The lowest BCUT2D eigenvalue weighted by molar-refractivity contribution is -0.137. The summed E-state index contributed by atoms with van der Waals surface area (Å²) in [6.45, 7) is 2.28. The number of amides is 1. The van der Waals surface area contributed by atoms with Gasteiger partial charge in [-0.2, -0.15) is 13.2 Å². The summed E-state index contributed by atoms with van der Waals surface area (Å²) in [5.41, 5.74) is 0.00139. The van der Waals surface area contributed by atoms with Gasteiger partial charge in [-0.1, -0.05) is 18.2 Å². The second-order valence-electron chi connectivity index (χ2n) is 6.83. The highest BCUT2D eigenvalue weighted by atomic mass is 19.4. The van der Waals surface area contributed by atoms with Gasteiger partial charge >= 0.3 is 6.18 Å². The molecular weight excluding hydrogens is 404 g/mol. The van der Waals surface area contributed by atoms with Gasteiger partial charge in [-0.3, -0.25) is 9.69 Å². The Kier molecular flexibility index (Phi) is 7.28. The zero-order chi connectivity index (χ0) is 21.6. The normalized spacial score (nSPS) is 16.1. The molecule has 1 heterocycles. The van der Waals surface area contributed by atoms with Crippen LogP contribution in [-0.2, 0) is 15.7 Å². The molecule has 9 heteroatoms. The standard InChI is InChI=1S/C21H22F4N2O3/c22-17-6-4-15(5-7-17)19(27-8-10-29-11-9-27)13-26-20(28)14-30-18-3-1-2-16(12-18)21(23,24)25/h1-7,12,19H,8-11,13-14H2,(H,26,28). The van der Waals surface area contributed by atoms with Crippen molar-refractivity contribution in [3.63, 3.8) is 0 Å². The fourth-order valence-electron chi connectivity index (χ4n) is 3.20. The number of morpholine rings is 1. The number of ether oxygens (including phenoxy) is 2. The smallest absolute Gasteiger partial charge is 0.416 e. The molecule has 1 N–H and O–H groups in total. The van der Waals surface area contributed by atoms with Gasteiger partial charge in [0.25, 0.3) is 5.91 Å². The summed E-state index contributed by atoms with van der Waals surface area (Å²) in [5.74, 6) is -0.853. The van der Waals surface area contributed by atoms with E-state index in [1.165, 1.54) is 24.3 Å². The van der Waals surface area contributed by atoms with E-state index < -0.39 is 24.3 Å². The third-order valence-electron chi connectivity index (χ3n) is 4.77. The van der Waals surface area contributed by atoms with Crippen LogP contribution in [-0.4, -0.2) is 50.3 Å². The largest absolute Gasteiger partial charge is 0.484 e. The molecular formula is C21H22F4N2O3. The lowest BCUT2D eigenvalue weighted by Crippen LogP contribution is -2.44. The molecule has 30 heavy (non-hydrogen) atoms. The molecule has 2 aromatic carbocycles. The van der Waals surface area contributed by atoms with Crippen molar-refractivity contribution in [1.29, 1.82) is 0 Å². The molecule has 1 atom stereocenters. The Hall–Kier alpha value is -2.65. The number of halogens is 4. The summed E-state index contributed by atoms with van der Waals surface area (Å²) < 4.78 is 62.2. The number of carbonyl (C=O) groups excluding carboxylic acids is 1. The molecule has 0 aromatic heterocycles. The van der Waals surface area contributed by atoms with Crippen LogP contribution in [0, 0.1) is 5.82 Å². The minimum absolute atomic E-state index is 0.0387. The molecule has 3 rings (SSSR count). The summed E-state index contributed by atoms with van der Waals surface area (Å²) in [4.78, 5) is 14.3. The predicted octanol–water partition coefficient (Wildman–Crippen LogP) is 3.41. The molecule has 0 bridgehead atoms. The van der Waals surface area contributed by atoms with E-state index in [-0.39, 0.29) is 24.2 Å². The van der Waals surface area contributed by atoms with E-state index in [2.05, 4.69) is 10.2 Å². The van der Waals surface area contributed by atoms with Crippen molar-refractivity contribution in [1.82, 2.24) is 10.2 Å². The lowest BCUT2D eigenvalue weighted by Gasteiger charge is -2.35. The fraction of sp³-hybridized carbons (Fsp3) is 0.381. The first-order valence-corrected chi connectivity index (χ1v) is 9.47. The van der Waals surface area contributed by atoms with Crippen molar-refractivity contribution in [2.45, 2.75) is 12.2 Å². The second-order valence-corrected chi connectivity index (χ2v) is 6.83. The van der Waals surface area contributed by atoms with Gasteiger partial charge in [0.15, 0.2) is 6.61 Å². The highest BCUT2D eigenvalue weighted by Gasteiger charge is 2.30. The van der Waals surface area contributed by atoms with E-state index in [0.29, 0.717) is 26.3 Å². The van der Waals surface area contributed by atoms with Crippen molar-refractivity contribution in [2.24, 2.45) is 0 Å². The first-order valence-electron chi connectivity index (χ1n) is 9.47. The van der Waals surface area contributed by atoms with E-state index >= 15 is 0 Å². The number of rotatable bonds is 7. The zero-order valence-electron chi connectivity index (χ0n) is 16.1. The Balaban J connectivity index is 1.58. The second kappa shape index (κ2) is 9.90. The Morgan fingerprint density at radius 3 is 2.50 bits per heavy atom. The van der Waals surface area contributed by atoms with Gasteiger partial charge in [0.2, 0.25) is 0 Å². The molecule has 0 radical (unpaired) electrons. The number of benzene rings is 2. The number of nitrogens with one attached hydrogen (secondary N) is 1. The molecule has 1 amide bonds. The third-order valence-corrected chi connectivity index (χ3v) is 4.77. The summed E-state index contributed by atoms with van der Waals surface area (Å²) in [6.07, 6.45) is -4.48. The maximum absolute atomic E-state index is 13.3. The number of hydrogen-bond donors (Lipinski definition) is 1. The van der Waals surface area contributed by atoms with Gasteiger partial charge in [0.1, 0.15) is 11.6 Å². The first-order chi connectivity index (χ1) is 14.3. The third kappa shape index (κ3) is 6.17. The number of alkyl halides is 3. The van der Waals surface area contributed by atoms with Crippen LogP contribution in [0.3, 0.4) is 0 Å². The van der Waals surface area contributed by atoms with E-state index in [4.69, 9.17) is 9.47 Å². The number of nitrogens with zero attached hydrogens (tertiary/aromatic N) is 1. The first kappa shape index (κ1) is 22.0. The van der Waals surface area contributed by atoms with Crippen molar-refractivity contribution < 1.29 is 31.8 Å². The molecule has 1 aliphatic rings. The van der Waals surface area contributed by atoms with Gasteiger partial charge in [-0.15, -0.1) is 0 Å². The van der Waals surface area contributed by atoms with Gasteiger partial charge in [0.05, 0.1) is 24.8 Å². The predicted molar refractivity (Wildman–Crippen MR) is 101 cm³/mol. The summed E-state index contributed by atoms with van der Waals surface area (Å²) >= 11 is 0. The summed E-state index contributed by atoms with van der Waals surface area (Å²) in [6, 6.07) is 10.2. The van der Waals surface area contributed by atoms with Crippen molar-refractivity contribution in [3.8, 4) is 5.75 Å². The van der Waals surface area contributed by atoms with Crippen molar-refractivity contribution in [3.05, 3.63) is 65.5 Å². The highest BCUT2D eigenvalue weighted by molar-refractivity contribution is 5.77. The summed E-state index contributed by atoms with van der Waals surface area (Å²) in [5, 5.41) is 2.75. The van der Waals surface area contributed by atoms with E-state index in [0.717, 1.165) is 17.7 Å².